The predicted molar refractivity (Wildman–Crippen MR) is 80.7 cm³/mol. The van der Waals surface area contributed by atoms with E-state index in [1.807, 2.05) is 24.3 Å². The number of rotatable bonds is 3. The lowest BCUT2D eigenvalue weighted by atomic mass is 9.50. The molecule has 2 amide bonds. The molecule has 1 aromatic rings. The molecule has 0 aromatic heterocycles. The van der Waals surface area contributed by atoms with Crippen molar-refractivity contribution in [2.75, 3.05) is 0 Å². The fraction of sp³-hybridized carbons (Fsp3) is 0.562. The number of nitrogens with one attached hydrogen (secondary N) is 2. The van der Waals surface area contributed by atoms with Crippen molar-refractivity contribution in [2.24, 2.45) is 11.3 Å². The fourth-order valence-electron chi connectivity index (χ4n) is 3.86. The molecule has 2 aliphatic carbocycles. The number of halogens is 1. The van der Waals surface area contributed by atoms with Crippen molar-refractivity contribution >= 4 is 17.6 Å². The molecule has 0 heterocycles. The van der Waals surface area contributed by atoms with Gasteiger partial charge >= 0.3 is 6.03 Å². The van der Waals surface area contributed by atoms with Crippen LogP contribution in [0.1, 0.15) is 38.2 Å². The highest BCUT2D eigenvalue weighted by atomic mass is 35.5. The number of carbonyl (C=O) groups is 1. The van der Waals surface area contributed by atoms with Crippen molar-refractivity contribution in [3.63, 3.8) is 0 Å². The van der Waals surface area contributed by atoms with E-state index in [0.717, 1.165) is 24.3 Å². The Kier molecular flexibility index (Phi) is 3.63. The minimum atomic E-state index is -0.0628. The summed E-state index contributed by atoms with van der Waals surface area (Å²) >= 11 is 5.83. The Balaban J connectivity index is 1.37. The highest BCUT2D eigenvalue weighted by Gasteiger charge is 2.51. The summed E-state index contributed by atoms with van der Waals surface area (Å²) in [6.07, 6.45) is 5.01. The molecule has 2 N–H and O–H groups in total. The van der Waals surface area contributed by atoms with Crippen LogP contribution in [0.15, 0.2) is 24.3 Å². The average Bonchev–Trinajstić information content (AvgIpc) is 2.34. The molecule has 3 rings (SSSR count). The summed E-state index contributed by atoms with van der Waals surface area (Å²) in [6, 6.07) is 7.83. The lowest BCUT2D eigenvalue weighted by Crippen LogP contribution is -2.57. The van der Waals surface area contributed by atoms with E-state index in [-0.39, 0.29) is 6.03 Å². The molecular formula is C16H21ClN2O. The zero-order valence-corrected chi connectivity index (χ0v) is 12.5. The van der Waals surface area contributed by atoms with Crippen LogP contribution in [-0.4, -0.2) is 12.1 Å². The second kappa shape index (κ2) is 5.28. The molecule has 1 spiro atoms. The molecule has 3 nitrogen and oxygen atoms in total. The van der Waals surface area contributed by atoms with Gasteiger partial charge in [-0.25, -0.2) is 4.79 Å². The van der Waals surface area contributed by atoms with Crippen LogP contribution in [0.4, 0.5) is 4.79 Å². The van der Waals surface area contributed by atoms with Gasteiger partial charge < -0.3 is 10.6 Å². The molecular weight excluding hydrogens is 272 g/mol. The summed E-state index contributed by atoms with van der Waals surface area (Å²) in [5.41, 5.74) is 1.63. The van der Waals surface area contributed by atoms with Gasteiger partial charge in [0.05, 0.1) is 0 Å². The fourth-order valence-corrected chi connectivity index (χ4v) is 3.99. The molecule has 2 saturated carbocycles. The first kappa shape index (κ1) is 13.7. The maximum absolute atomic E-state index is 11.8. The van der Waals surface area contributed by atoms with Crippen molar-refractivity contribution in [1.82, 2.24) is 10.6 Å². The lowest BCUT2D eigenvalue weighted by Gasteiger charge is -2.57. The first-order chi connectivity index (χ1) is 9.55. The molecule has 0 bridgehead atoms. The molecule has 4 heteroatoms. The second-order valence-electron chi connectivity index (χ2n) is 6.57. The molecule has 0 unspecified atom stereocenters. The van der Waals surface area contributed by atoms with Gasteiger partial charge in [0.15, 0.2) is 0 Å². The zero-order chi connectivity index (χ0) is 14.2. The topological polar surface area (TPSA) is 41.1 Å². The third-order valence-corrected chi connectivity index (χ3v) is 4.88. The van der Waals surface area contributed by atoms with Gasteiger partial charge in [0.25, 0.3) is 0 Å². The van der Waals surface area contributed by atoms with E-state index in [0.29, 0.717) is 23.0 Å². The summed E-state index contributed by atoms with van der Waals surface area (Å²) in [5.74, 6) is 0.884. The molecule has 0 atom stereocenters. The van der Waals surface area contributed by atoms with Gasteiger partial charge in [-0.2, -0.15) is 0 Å². The van der Waals surface area contributed by atoms with Crippen molar-refractivity contribution in [2.45, 2.75) is 45.2 Å². The van der Waals surface area contributed by atoms with Crippen LogP contribution >= 0.6 is 11.6 Å². The van der Waals surface area contributed by atoms with E-state index in [2.05, 4.69) is 17.6 Å². The van der Waals surface area contributed by atoms with E-state index in [9.17, 15) is 4.79 Å². The van der Waals surface area contributed by atoms with Crippen molar-refractivity contribution in [3.05, 3.63) is 34.9 Å². The number of benzene rings is 1. The van der Waals surface area contributed by atoms with Gasteiger partial charge in [-0.15, -0.1) is 0 Å². The van der Waals surface area contributed by atoms with E-state index >= 15 is 0 Å². The first-order valence-corrected chi connectivity index (χ1v) is 7.71. The van der Waals surface area contributed by atoms with Crippen molar-refractivity contribution in [1.29, 1.82) is 0 Å². The minimum Gasteiger partial charge on any atom is -0.335 e. The zero-order valence-electron chi connectivity index (χ0n) is 11.8. The first-order valence-electron chi connectivity index (χ1n) is 7.33. The Bertz CT molecular complexity index is 486. The van der Waals surface area contributed by atoms with Crippen molar-refractivity contribution in [3.8, 4) is 0 Å². The van der Waals surface area contributed by atoms with Crippen LogP contribution in [0.2, 0.25) is 5.02 Å². The number of hydrogen-bond acceptors (Lipinski definition) is 1. The van der Waals surface area contributed by atoms with Crippen LogP contribution in [0.3, 0.4) is 0 Å². The van der Waals surface area contributed by atoms with Crippen LogP contribution in [0.5, 0.6) is 0 Å². The number of urea groups is 1. The molecule has 20 heavy (non-hydrogen) atoms. The van der Waals surface area contributed by atoms with Gasteiger partial charge in [0.1, 0.15) is 0 Å². The Morgan fingerprint density at radius 1 is 1.25 bits per heavy atom. The largest absolute Gasteiger partial charge is 0.335 e. The monoisotopic (exact) mass is 292 g/mol. The minimum absolute atomic E-state index is 0.0628. The van der Waals surface area contributed by atoms with Gasteiger partial charge in [0, 0.05) is 17.6 Å². The van der Waals surface area contributed by atoms with E-state index in [1.165, 1.54) is 12.8 Å². The summed E-state index contributed by atoms with van der Waals surface area (Å²) in [6.45, 7) is 2.85. The van der Waals surface area contributed by atoms with Crippen LogP contribution in [-0.2, 0) is 6.54 Å². The molecule has 0 aliphatic heterocycles. The standard InChI is InChI=1S/C16H21ClN2O/c1-11-6-16(7-11)8-14(9-16)19-15(20)18-10-12-2-4-13(17)5-3-12/h2-5,11,14H,6-10H2,1H3,(H2,18,19,20). The molecule has 0 saturated heterocycles. The number of hydrogen-bond donors (Lipinski definition) is 2. The maximum atomic E-state index is 11.8. The molecule has 2 aliphatic rings. The molecule has 108 valence electrons. The molecule has 0 radical (unpaired) electrons. The summed E-state index contributed by atoms with van der Waals surface area (Å²) < 4.78 is 0. The third kappa shape index (κ3) is 2.93. The average molecular weight is 293 g/mol. The quantitative estimate of drug-likeness (QED) is 0.876. The number of amides is 2. The normalized spacial score (nSPS) is 31.3. The van der Waals surface area contributed by atoms with Gasteiger partial charge in [-0.1, -0.05) is 30.7 Å². The lowest BCUT2D eigenvalue weighted by molar-refractivity contribution is -0.0387. The van der Waals surface area contributed by atoms with E-state index in [1.54, 1.807) is 0 Å². The van der Waals surface area contributed by atoms with Crippen LogP contribution in [0, 0.1) is 11.3 Å². The van der Waals surface area contributed by atoms with Crippen LogP contribution in [0.25, 0.3) is 0 Å². The van der Waals surface area contributed by atoms with E-state index in [4.69, 9.17) is 11.6 Å². The van der Waals surface area contributed by atoms with Gasteiger partial charge in [-0.05, 0) is 54.7 Å². The maximum Gasteiger partial charge on any atom is 0.315 e. The SMILES string of the molecule is CC1CC2(C1)CC(NC(=O)NCc1ccc(Cl)cc1)C2. The smallest absolute Gasteiger partial charge is 0.315 e. The molecule has 2 fully saturated rings. The van der Waals surface area contributed by atoms with Crippen LogP contribution < -0.4 is 10.6 Å². The predicted octanol–water partition coefficient (Wildman–Crippen LogP) is 3.72. The summed E-state index contributed by atoms with van der Waals surface area (Å²) in [4.78, 5) is 11.8. The summed E-state index contributed by atoms with van der Waals surface area (Å²) in [7, 11) is 0. The highest BCUT2D eigenvalue weighted by molar-refractivity contribution is 6.30. The molecule has 1 aromatic carbocycles. The van der Waals surface area contributed by atoms with E-state index < -0.39 is 0 Å². The Hall–Kier alpha value is -1.22. The summed E-state index contributed by atoms with van der Waals surface area (Å²) in [5, 5.41) is 6.67. The third-order valence-electron chi connectivity index (χ3n) is 4.62. The van der Waals surface area contributed by atoms with Crippen molar-refractivity contribution < 1.29 is 4.79 Å². The number of carbonyl (C=O) groups excluding carboxylic acids is 1. The highest BCUT2D eigenvalue weighted by Crippen LogP contribution is 2.58. The Morgan fingerprint density at radius 2 is 1.90 bits per heavy atom. The van der Waals surface area contributed by atoms with Gasteiger partial charge in [0.2, 0.25) is 0 Å². The Morgan fingerprint density at radius 3 is 2.50 bits per heavy atom. The second-order valence-corrected chi connectivity index (χ2v) is 7.01. The Labute approximate surface area is 125 Å². The van der Waals surface area contributed by atoms with Gasteiger partial charge in [-0.3, -0.25) is 0 Å².